The Bertz CT molecular complexity index is 1530. The highest BCUT2D eigenvalue weighted by atomic mass is 32.2. The predicted octanol–water partition coefficient (Wildman–Crippen LogP) is 3.79. The van der Waals surface area contributed by atoms with Gasteiger partial charge in [-0.25, -0.2) is 18.2 Å². The van der Waals surface area contributed by atoms with E-state index in [9.17, 15) is 13.2 Å². The van der Waals surface area contributed by atoms with Crippen LogP contribution in [0.15, 0.2) is 88.5 Å². The lowest BCUT2D eigenvalue weighted by Gasteiger charge is -2.18. The topological polar surface area (TPSA) is 93.6 Å². The molecule has 5 rings (SSSR count). The molecule has 0 atom stereocenters. The van der Waals surface area contributed by atoms with Gasteiger partial charge in [0.15, 0.2) is 6.61 Å². The number of allylic oxidation sites excluding steroid dienone is 4. The summed E-state index contributed by atoms with van der Waals surface area (Å²) in [6, 6.07) is 20.3. The van der Waals surface area contributed by atoms with E-state index in [-0.39, 0.29) is 16.0 Å². The summed E-state index contributed by atoms with van der Waals surface area (Å²) in [6.45, 7) is -0.414. The summed E-state index contributed by atoms with van der Waals surface area (Å²) in [5.74, 6) is -0.361. The molecule has 0 radical (unpaired) electrons. The van der Waals surface area contributed by atoms with E-state index in [0.717, 1.165) is 15.7 Å². The number of thiazole rings is 1. The highest BCUT2D eigenvalue weighted by Crippen LogP contribution is 2.31. The van der Waals surface area contributed by atoms with Crippen molar-refractivity contribution in [2.24, 2.45) is 0 Å². The van der Waals surface area contributed by atoms with Gasteiger partial charge in [-0.05, 0) is 47.3 Å². The van der Waals surface area contributed by atoms with Gasteiger partial charge in [-0.1, -0.05) is 66.7 Å². The van der Waals surface area contributed by atoms with Crippen LogP contribution in [0, 0.1) is 0 Å². The fourth-order valence-corrected chi connectivity index (χ4v) is 7.34. The molecule has 1 N–H and O–H groups in total. The zero-order valence-electron chi connectivity index (χ0n) is 19.5. The summed E-state index contributed by atoms with van der Waals surface area (Å²) in [5.41, 5.74) is 4.18. The van der Waals surface area contributed by atoms with Crippen LogP contribution in [0.3, 0.4) is 0 Å². The zero-order valence-corrected chi connectivity index (χ0v) is 21.1. The number of carboxylic acid groups (broad SMARTS) is 1. The van der Waals surface area contributed by atoms with E-state index >= 15 is 0 Å². The molecule has 184 valence electrons. The molecule has 0 unspecified atom stereocenters. The Morgan fingerprint density at radius 3 is 2.33 bits per heavy atom. The summed E-state index contributed by atoms with van der Waals surface area (Å²) in [5, 5.41) is 9.51. The van der Waals surface area contributed by atoms with Crippen molar-refractivity contribution in [2.45, 2.75) is 29.5 Å². The minimum Gasteiger partial charge on any atom is -0.486 e. The molecular weight excluding hydrogens is 494 g/mol. The van der Waals surface area contributed by atoms with Crippen LogP contribution < -0.4 is 9.88 Å². The summed E-state index contributed by atoms with van der Waals surface area (Å²) in [6.07, 6.45) is 7.16. The molecule has 0 fully saturated rings. The van der Waals surface area contributed by atoms with Crippen molar-refractivity contribution in [3.05, 3.63) is 105 Å². The van der Waals surface area contributed by atoms with E-state index in [2.05, 4.69) is 29.2 Å². The second-order valence-electron chi connectivity index (χ2n) is 8.76. The molecule has 0 aliphatic heterocycles. The number of aromatic nitrogens is 1. The monoisotopic (exact) mass is 519 g/mol. The Morgan fingerprint density at radius 1 is 1.03 bits per heavy atom. The molecule has 36 heavy (non-hydrogen) atoms. The number of hydrogen-bond acceptors (Lipinski definition) is 6. The van der Waals surface area contributed by atoms with Crippen LogP contribution in [-0.4, -0.2) is 36.8 Å². The number of aliphatic carboxylic acids is 1. The quantitative estimate of drug-likeness (QED) is 0.438. The van der Waals surface area contributed by atoms with Crippen molar-refractivity contribution in [1.82, 2.24) is 4.98 Å². The molecule has 2 aliphatic rings. The Morgan fingerprint density at radius 2 is 1.69 bits per heavy atom. The molecule has 0 saturated carbocycles. The van der Waals surface area contributed by atoms with E-state index in [1.54, 1.807) is 6.08 Å². The molecule has 0 spiro atoms. The molecule has 0 amide bonds. The minimum absolute atomic E-state index is 0.0282. The number of sulfone groups is 1. The van der Waals surface area contributed by atoms with E-state index in [4.69, 9.17) is 9.84 Å². The second kappa shape index (κ2) is 10.2. The number of ether oxygens (including phenoxy) is 1. The van der Waals surface area contributed by atoms with Crippen molar-refractivity contribution in [3.8, 4) is 0 Å². The summed E-state index contributed by atoms with van der Waals surface area (Å²) >= 11 is 1.19. The van der Waals surface area contributed by atoms with Gasteiger partial charge in [0.05, 0.1) is 15.6 Å². The summed E-state index contributed by atoms with van der Waals surface area (Å²) < 4.78 is 32.7. The maximum atomic E-state index is 13.2. The van der Waals surface area contributed by atoms with E-state index < -0.39 is 22.4 Å². The van der Waals surface area contributed by atoms with E-state index in [1.807, 2.05) is 48.6 Å². The van der Waals surface area contributed by atoms with Gasteiger partial charge in [-0.3, -0.25) is 0 Å². The van der Waals surface area contributed by atoms with Gasteiger partial charge in [-0.15, -0.1) is 11.3 Å². The third-order valence-corrected chi connectivity index (χ3v) is 9.57. The van der Waals surface area contributed by atoms with Crippen molar-refractivity contribution >= 4 is 38.8 Å². The number of hydrogen-bond donors (Lipinski definition) is 1. The van der Waals surface area contributed by atoms with Crippen molar-refractivity contribution in [3.63, 3.8) is 0 Å². The fourth-order valence-electron chi connectivity index (χ4n) is 4.59. The molecule has 2 aliphatic carbocycles. The molecule has 6 nitrogen and oxygen atoms in total. The normalized spacial score (nSPS) is 14.5. The Hall–Kier alpha value is -3.49. The third kappa shape index (κ3) is 5.20. The summed E-state index contributed by atoms with van der Waals surface area (Å²) in [4.78, 5) is 15.3. The average molecular weight is 520 g/mol. The van der Waals surface area contributed by atoms with E-state index in [1.165, 1.54) is 22.5 Å². The number of benzene rings is 2. The van der Waals surface area contributed by atoms with Crippen molar-refractivity contribution < 1.29 is 23.1 Å². The number of nitrogens with zero attached hydrogens (tertiary/aromatic N) is 1. The van der Waals surface area contributed by atoms with E-state index in [0.29, 0.717) is 30.4 Å². The predicted molar refractivity (Wildman–Crippen MR) is 140 cm³/mol. The van der Waals surface area contributed by atoms with Crippen LogP contribution >= 0.6 is 11.3 Å². The zero-order chi connectivity index (χ0) is 25.1. The smallest absolute Gasteiger partial charge is 0.341 e. The molecule has 3 aromatic rings. The molecule has 8 heteroatoms. The average Bonchev–Trinajstić information content (AvgIpc) is 3.45. The number of carbonyl (C=O) groups is 1. The van der Waals surface area contributed by atoms with Crippen LogP contribution in [0.1, 0.15) is 36.3 Å². The molecule has 0 saturated heterocycles. The number of rotatable bonds is 10. The van der Waals surface area contributed by atoms with Gasteiger partial charge in [0, 0.05) is 12.3 Å². The van der Waals surface area contributed by atoms with Gasteiger partial charge in [-0.2, -0.15) is 0 Å². The number of carboxylic acids is 1. The van der Waals surface area contributed by atoms with Gasteiger partial charge in [0.25, 0.3) is 0 Å². The highest BCUT2D eigenvalue weighted by Gasteiger charge is 2.25. The highest BCUT2D eigenvalue weighted by molar-refractivity contribution is 7.93. The first kappa shape index (κ1) is 24.2. The molecule has 1 heterocycles. The maximum Gasteiger partial charge on any atom is 0.341 e. The minimum atomic E-state index is -3.54. The van der Waals surface area contributed by atoms with Gasteiger partial charge in [0.2, 0.25) is 14.2 Å². The first-order valence-electron chi connectivity index (χ1n) is 11.7. The lowest BCUT2D eigenvalue weighted by molar-refractivity contribution is -0.140. The first-order chi connectivity index (χ1) is 17.4. The van der Waals surface area contributed by atoms with Gasteiger partial charge >= 0.3 is 5.97 Å². The standard InChI is InChI=1S/C28H25NO5S2/c30-26(31)18-34-22-14-13-21-16-25-27(24(21)17-22)29-28(35-25)36(32,33)15-7-12-23(19-8-3-1-4-9-19)20-10-5-2-6-11-20/h1-6,8-11,13-14,16,23H,7,12,15,17-18H2,(H,30,31). The number of fused-ring (bicyclic) bond motifs is 2. The van der Waals surface area contributed by atoms with Crippen LogP contribution in [0.2, 0.25) is 0 Å². The molecular formula is C28H25NO5S2. The van der Waals surface area contributed by atoms with Gasteiger partial charge in [0.1, 0.15) is 5.76 Å². The Kier molecular flexibility index (Phi) is 6.89. The second-order valence-corrected chi connectivity index (χ2v) is 12.1. The summed E-state index contributed by atoms with van der Waals surface area (Å²) in [7, 11) is -3.54. The molecule has 2 aromatic carbocycles. The lowest BCUT2D eigenvalue weighted by Crippen LogP contribution is -2.21. The fraction of sp³-hybridized carbons (Fsp3) is 0.214. The third-order valence-electron chi connectivity index (χ3n) is 6.31. The van der Waals surface area contributed by atoms with Crippen LogP contribution in [0.25, 0.3) is 11.6 Å². The molecule has 0 bridgehead atoms. The van der Waals surface area contributed by atoms with Crippen LogP contribution in [0.4, 0.5) is 0 Å². The Labute approximate surface area is 213 Å². The van der Waals surface area contributed by atoms with Crippen molar-refractivity contribution in [1.29, 1.82) is 0 Å². The Balaban J connectivity index is 1.31. The van der Waals surface area contributed by atoms with Gasteiger partial charge < -0.3 is 9.84 Å². The van der Waals surface area contributed by atoms with Crippen molar-refractivity contribution in [2.75, 3.05) is 12.4 Å². The lowest BCUT2D eigenvalue weighted by atomic mass is 9.88. The van der Waals surface area contributed by atoms with Crippen LogP contribution in [0.5, 0.6) is 0 Å². The molecule has 1 aromatic heterocycles. The maximum absolute atomic E-state index is 13.2. The van der Waals surface area contributed by atoms with Crippen LogP contribution in [-0.2, 0) is 19.4 Å². The largest absolute Gasteiger partial charge is 0.486 e. The first-order valence-corrected chi connectivity index (χ1v) is 14.2. The SMILES string of the molecule is O=C(O)COC1=CC=C2C=c3sc(S(=O)(=O)CCCC(c4ccccc4)c4ccccc4)nc3=C2C1.